The Morgan fingerprint density at radius 1 is 0.708 bits per heavy atom. The average molecular weight is 941 g/mol. The van der Waals surface area contributed by atoms with Gasteiger partial charge in [-0.15, -0.1) is 34.0 Å². The van der Waals surface area contributed by atoms with Gasteiger partial charge in [-0.25, -0.2) is 0 Å². The van der Waals surface area contributed by atoms with Gasteiger partial charge in [0.05, 0.1) is 15.6 Å². The monoisotopic (exact) mass is 939 g/mol. The van der Waals surface area contributed by atoms with Crippen molar-refractivity contribution in [2.45, 2.75) is 132 Å². The Kier molecular flexibility index (Phi) is 16.8. The summed E-state index contributed by atoms with van der Waals surface area (Å²) in [5.74, 6) is 0. The fraction of sp³-hybridized carbons (Fsp3) is 0.379. The van der Waals surface area contributed by atoms with Gasteiger partial charge < -0.3 is 5.73 Å². The number of nitrogens with two attached hydrogens (primary N) is 1. The zero-order chi connectivity index (χ0) is 48.2. The molecule has 344 valence electrons. The zero-order valence-corrected chi connectivity index (χ0v) is 45.6. The van der Waals surface area contributed by atoms with Crippen LogP contribution in [0.1, 0.15) is 129 Å². The van der Waals surface area contributed by atoms with E-state index in [1.807, 2.05) is 74.8 Å². The molecule has 0 fully saturated rings. The van der Waals surface area contributed by atoms with Gasteiger partial charge in [0.15, 0.2) is 0 Å². The first-order valence-electron chi connectivity index (χ1n) is 23.3. The zero-order valence-electron chi connectivity index (χ0n) is 42.3. The summed E-state index contributed by atoms with van der Waals surface area (Å²) in [6.45, 7) is 40.1. The number of nitrogens with zero attached hydrogens (tertiary/aromatic N) is 2. The first-order chi connectivity index (χ1) is 30.8. The van der Waals surface area contributed by atoms with Crippen molar-refractivity contribution >= 4 is 82.9 Å². The van der Waals surface area contributed by atoms with E-state index in [0.29, 0.717) is 6.54 Å². The van der Waals surface area contributed by atoms with Crippen molar-refractivity contribution in [3.8, 4) is 22.3 Å². The van der Waals surface area contributed by atoms with Crippen molar-refractivity contribution in [3.63, 3.8) is 0 Å². The molecule has 2 N–H and O–H groups in total. The summed E-state index contributed by atoms with van der Waals surface area (Å²) >= 11 is 7.41. The van der Waals surface area contributed by atoms with Crippen molar-refractivity contribution in [3.05, 3.63) is 139 Å². The summed E-state index contributed by atoms with van der Waals surface area (Å²) in [7, 11) is 1.89. The molecule has 0 amide bonds. The second-order valence-electron chi connectivity index (χ2n) is 18.9. The standard InChI is InChI=1S/C54H61N3S4.2C2H6/c1-15-17-38(46-47(55)33(5)43(48(56-14)49(46)57-28-16-2)39-26-27-40(58-39)54(12,13)53(9,10)11)59-42-30-37-45(35-24-20-32(4)21-25-35)50-36(29-41(60-50)52(6,7)8)44(51(37)61-42)34-22-18-31(3)19-23-34;2*1-2/h15,17-27,29-30H,1,16,28,55H2,2-14H3;2*1-2H3/b38-17-,56-48?,57-49?;;. The van der Waals surface area contributed by atoms with Crippen molar-refractivity contribution < 1.29 is 0 Å². The Labute approximate surface area is 408 Å². The molecule has 3 aromatic carbocycles. The molecule has 0 saturated carbocycles. The largest absolute Gasteiger partial charge is 0.398 e. The quantitative estimate of drug-likeness (QED) is 0.0845. The number of aryl methyl sites for hydroxylation is 2. The minimum absolute atomic E-state index is 0.0162. The van der Waals surface area contributed by atoms with Crippen molar-refractivity contribution in [2.75, 3.05) is 13.6 Å². The number of hydrogen-bond donors (Lipinski definition) is 1. The lowest BCUT2D eigenvalue weighted by atomic mass is 9.68. The SMILES string of the molecule is C=C/C=C(\Sc1cc2c(-c3ccc(C)cc3)c3sc(C(C)(C)C)cc3c(-c3ccc(C)cc3)c2s1)C1=C(N)C(C)=C(c2ccc(C(C)(C)C(C)(C)C)s2)C(=NC)C1=NCCC.CC.CC. The molecular weight excluding hydrogens is 867 g/mol. The smallest absolute Gasteiger partial charge is 0.0937 e. The van der Waals surface area contributed by atoms with Crippen LogP contribution in [0.3, 0.4) is 0 Å². The molecule has 3 nitrogen and oxygen atoms in total. The van der Waals surface area contributed by atoms with Crippen LogP contribution in [0.5, 0.6) is 0 Å². The summed E-state index contributed by atoms with van der Waals surface area (Å²) in [4.78, 5) is 15.2. The van der Waals surface area contributed by atoms with E-state index >= 15 is 0 Å². The number of thiophene rings is 3. The number of rotatable bonds is 10. The summed E-state index contributed by atoms with van der Waals surface area (Å²) in [5.41, 5.74) is 20.6. The first kappa shape index (κ1) is 51.7. The van der Waals surface area contributed by atoms with Crippen molar-refractivity contribution in [2.24, 2.45) is 21.1 Å². The van der Waals surface area contributed by atoms with Crippen LogP contribution in [0.2, 0.25) is 0 Å². The number of fused-ring (bicyclic) bond motifs is 2. The lowest BCUT2D eigenvalue weighted by Gasteiger charge is -2.38. The second kappa shape index (κ2) is 21.1. The fourth-order valence-electron chi connectivity index (χ4n) is 7.75. The number of thioether (sulfide) groups is 1. The van der Waals surface area contributed by atoms with Crippen LogP contribution in [0.4, 0.5) is 0 Å². The summed E-state index contributed by atoms with van der Waals surface area (Å²) in [6.07, 6.45) is 4.90. The molecule has 1 aliphatic carbocycles. The molecule has 1 aliphatic rings. The summed E-state index contributed by atoms with van der Waals surface area (Å²) in [6, 6.07) is 27.6. The third kappa shape index (κ3) is 10.3. The van der Waals surface area contributed by atoms with E-state index in [2.05, 4.69) is 169 Å². The fourth-order valence-corrected chi connectivity index (χ4v) is 13.0. The summed E-state index contributed by atoms with van der Waals surface area (Å²) < 4.78 is 3.81. The van der Waals surface area contributed by atoms with Crippen LogP contribution in [0, 0.1) is 19.3 Å². The molecule has 3 heterocycles. The Morgan fingerprint density at radius 3 is 1.74 bits per heavy atom. The number of allylic oxidation sites excluding steroid dienone is 5. The maximum atomic E-state index is 7.39. The molecule has 7 heteroatoms. The van der Waals surface area contributed by atoms with Gasteiger partial charge in [0.1, 0.15) is 0 Å². The van der Waals surface area contributed by atoms with Crippen LogP contribution in [0.15, 0.2) is 127 Å². The van der Waals surface area contributed by atoms with Crippen LogP contribution >= 0.6 is 45.8 Å². The molecular formula is C58H73N3S4. The van der Waals surface area contributed by atoms with Crippen molar-refractivity contribution in [1.82, 2.24) is 0 Å². The van der Waals surface area contributed by atoms with Crippen molar-refractivity contribution in [1.29, 1.82) is 0 Å². The number of benzene rings is 3. The number of hydrogen-bond acceptors (Lipinski definition) is 7. The Morgan fingerprint density at radius 2 is 1.25 bits per heavy atom. The highest BCUT2D eigenvalue weighted by Crippen LogP contribution is 2.54. The lowest BCUT2D eigenvalue weighted by Crippen LogP contribution is -2.33. The predicted octanol–water partition coefficient (Wildman–Crippen LogP) is 18.6. The van der Waals surface area contributed by atoms with Crippen LogP contribution < -0.4 is 5.73 Å². The van der Waals surface area contributed by atoms with Gasteiger partial charge in [-0.3, -0.25) is 9.98 Å². The molecule has 0 saturated heterocycles. The first-order valence-corrected chi connectivity index (χ1v) is 26.6. The van der Waals surface area contributed by atoms with Gasteiger partial charge >= 0.3 is 0 Å². The minimum Gasteiger partial charge on any atom is -0.398 e. The van der Waals surface area contributed by atoms with Gasteiger partial charge in [-0.1, -0.05) is 174 Å². The third-order valence-corrected chi connectivity index (χ3v) is 17.7. The molecule has 0 aliphatic heterocycles. The molecule has 0 atom stereocenters. The molecule has 0 unspecified atom stereocenters. The molecule has 6 aromatic rings. The predicted molar refractivity (Wildman–Crippen MR) is 300 cm³/mol. The van der Waals surface area contributed by atoms with Crippen LogP contribution in [-0.4, -0.2) is 25.0 Å². The van der Waals surface area contributed by atoms with Gasteiger partial charge in [0.25, 0.3) is 0 Å². The third-order valence-electron chi connectivity index (χ3n) is 12.4. The second-order valence-corrected chi connectivity index (χ2v) is 23.4. The van der Waals surface area contributed by atoms with Gasteiger partial charge in [-0.2, -0.15) is 0 Å². The van der Waals surface area contributed by atoms with Crippen LogP contribution in [-0.2, 0) is 10.8 Å². The average Bonchev–Trinajstić information content (AvgIpc) is 4.04. The van der Waals surface area contributed by atoms with Crippen LogP contribution in [0.25, 0.3) is 48.0 Å². The lowest BCUT2D eigenvalue weighted by molar-refractivity contribution is 0.230. The highest BCUT2D eigenvalue weighted by molar-refractivity contribution is 8.05. The van der Waals surface area contributed by atoms with Gasteiger partial charge in [0, 0.05) is 86.7 Å². The maximum absolute atomic E-state index is 7.39. The highest BCUT2D eigenvalue weighted by Gasteiger charge is 2.38. The van der Waals surface area contributed by atoms with Gasteiger partial charge in [0.2, 0.25) is 0 Å². The highest BCUT2D eigenvalue weighted by atomic mass is 32.2. The summed E-state index contributed by atoms with van der Waals surface area (Å²) in [5, 5.41) is 2.58. The van der Waals surface area contributed by atoms with E-state index in [-0.39, 0.29) is 16.2 Å². The topological polar surface area (TPSA) is 50.7 Å². The molecule has 0 spiro atoms. The van der Waals surface area contributed by atoms with E-state index in [0.717, 1.165) is 45.2 Å². The van der Waals surface area contributed by atoms with E-state index in [4.69, 9.17) is 15.7 Å². The molecule has 7 rings (SSSR count). The number of aliphatic imine (C=N–C) groups is 2. The van der Waals surface area contributed by atoms with E-state index < -0.39 is 0 Å². The maximum Gasteiger partial charge on any atom is 0.0937 e. The van der Waals surface area contributed by atoms with E-state index in [9.17, 15) is 0 Å². The van der Waals surface area contributed by atoms with E-state index in [1.54, 1.807) is 11.8 Å². The van der Waals surface area contributed by atoms with E-state index in [1.165, 1.54) is 72.4 Å². The minimum atomic E-state index is -0.0162. The molecule has 65 heavy (non-hydrogen) atoms. The molecule has 0 radical (unpaired) electrons. The Bertz CT molecular complexity index is 2710. The molecule has 0 bridgehead atoms. The van der Waals surface area contributed by atoms with Gasteiger partial charge in [-0.05, 0) is 85.1 Å². The Hall–Kier alpha value is -4.27. The Balaban J connectivity index is 0.00000193. The normalized spacial score (nSPS) is 15.2. The molecule has 3 aromatic heterocycles.